The van der Waals surface area contributed by atoms with E-state index in [1.54, 1.807) is 4.90 Å². The standard InChI is InChI=1S/C20H30N2O3/c1-14(16-9-11-24-13-16)21-17-7-8-18-15(12-17)6-5-10-22(18)19(23)25-20(2,3)4/h7-8,12,14,16,21H,5-6,9-11,13H2,1-4H3. The first-order chi connectivity index (χ1) is 11.8. The van der Waals surface area contributed by atoms with Crippen molar-refractivity contribution >= 4 is 17.5 Å². The van der Waals surface area contributed by atoms with Gasteiger partial charge < -0.3 is 14.8 Å². The smallest absolute Gasteiger partial charge is 0.414 e. The fraction of sp³-hybridized carbons (Fsp3) is 0.650. The van der Waals surface area contributed by atoms with Crippen LogP contribution < -0.4 is 10.2 Å². The average molecular weight is 346 g/mol. The number of anilines is 2. The van der Waals surface area contributed by atoms with Crippen LogP contribution in [0.25, 0.3) is 0 Å². The van der Waals surface area contributed by atoms with Gasteiger partial charge in [-0.3, -0.25) is 4.90 Å². The number of hydrogen-bond acceptors (Lipinski definition) is 4. The topological polar surface area (TPSA) is 50.8 Å². The van der Waals surface area contributed by atoms with Crippen molar-refractivity contribution in [3.8, 4) is 0 Å². The van der Waals surface area contributed by atoms with Crippen LogP contribution in [-0.4, -0.2) is 37.5 Å². The van der Waals surface area contributed by atoms with Crippen molar-refractivity contribution in [1.82, 2.24) is 0 Å². The summed E-state index contributed by atoms with van der Waals surface area (Å²) >= 11 is 0. The van der Waals surface area contributed by atoms with Crippen LogP contribution in [0.4, 0.5) is 16.2 Å². The van der Waals surface area contributed by atoms with Gasteiger partial charge in [-0.1, -0.05) is 0 Å². The van der Waals surface area contributed by atoms with Crippen molar-refractivity contribution in [2.24, 2.45) is 5.92 Å². The van der Waals surface area contributed by atoms with Crippen molar-refractivity contribution in [2.45, 2.75) is 58.6 Å². The van der Waals surface area contributed by atoms with Gasteiger partial charge in [0.05, 0.1) is 12.3 Å². The third-order valence-electron chi connectivity index (χ3n) is 4.88. The molecule has 5 heteroatoms. The van der Waals surface area contributed by atoms with E-state index < -0.39 is 5.60 Å². The van der Waals surface area contributed by atoms with Crippen LogP contribution >= 0.6 is 0 Å². The summed E-state index contributed by atoms with van der Waals surface area (Å²) < 4.78 is 11.0. The van der Waals surface area contributed by atoms with Crippen LogP contribution in [0.1, 0.15) is 46.1 Å². The van der Waals surface area contributed by atoms with E-state index in [4.69, 9.17) is 9.47 Å². The Morgan fingerprint density at radius 3 is 2.88 bits per heavy atom. The minimum atomic E-state index is -0.477. The number of nitrogens with zero attached hydrogens (tertiary/aromatic N) is 1. The Balaban J connectivity index is 1.72. The van der Waals surface area contributed by atoms with Crippen molar-refractivity contribution in [1.29, 1.82) is 0 Å². The molecule has 0 aliphatic carbocycles. The lowest BCUT2D eigenvalue weighted by Gasteiger charge is -2.32. The number of amides is 1. The average Bonchev–Trinajstić information content (AvgIpc) is 3.07. The predicted octanol–water partition coefficient (Wildman–Crippen LogP) is 4.21. The van der Waals surface area contributed by atoms with Gasteiger partial charge in [0.25, 0.3) is 0 Å². The van der Waals surface area contributed by atoms with Crippen LogP contribution in [-0.2, 0) is 15.9 Å². The summed E-state index contributed by atoms with van der Waals surface area (Å²) in [5.41, 5.74) is 2.82. The summed E-state index contributed by atoms with van der Waals surface area (Å²) in [5.74, 6) is 0.564. The van der Waals surface area contributed by atoms with Crippen LogP contribution in [0.5, 0.6) is 0 Å². The third-order valence-corrected chi connectivity index (χ3v) is 4.88. The SMILES string of the molecule is CC(Nc1ccc2c(c1)CCCN2C(=O)OC(C)(C)C)C1CCOC1. The van der Waals surface area contributed by atoms with Crippen molar-refractivity contribution in [3.63, 3.8) is 0 Å². The van der Waals surface area contributed by atoms with Crippen LogP contribution in [0.15, 0.2) is 18.2 Å². The Morgan fingerprint density at radius 2 is 2.20 bits per heavy atom. The molecule has 1 aromatic carbocycles. The molecule has 0 radical (unpaired) electrons. The molecule has 1 amide bonds. The molecule has 1 N–H and O–H groups in total. The number of carbonyl (C=O) groups is 1. The molecule has 0 aromatic heterocycles. The Bertz CT molecular complexity index is 618. The van der Waals surface area contributed by atoms with E-state index in [0.717, 1.165) is 43.9 Å². The highest BCUT2D eigenvalue weighted by Crippen LogP contribution is 2.31. The van der Waals surface area contributed by atoms with E-state index in [1.165, 1.54) is 5.56 Å². The van der Waals surface area contributed by atoms with E-state index in [9.17, 15) is 4.79 Å². The summed E-state index contributed by atoms with van der Waals surface area (Å²) in [6.07, 6.45) is 2.81. The third kappa shape index (κ3) is 4.46. The molecule has 0 spiro atoms. The van der Waals surface area contributed by atoms with Gasteiger partial charge in [0.15, 0.2) is 0 Å². The lowest BCUT2D eigenvalue weighted by Crippen LogP contribution is -2.39. The zero-order valence-corrected chi connectivity index (χ0v) is 15.8. The molecule has 2 atom stereocenters. The Hall–Kier alpha value is -1.75. The van der Waals surface area contributed by atoms with Gasteiger partial charge in [-0.2, -0.15) is 0 Å². The second kappa shape index (κ2) is 7.24. The van der Waals surface area contributed by atoms with Gasteiger partial charge in [-0.25, -0.2) is 4.79 Å². The van der Waals surface area contributed by atoms with Crippen LogP contribution in [0, 0.1) is 5.92 Å². The number of carbonyl (C=O) groups excluding carboxylic acids is 1. The molecule has 2 aliphatic heterocycles. The molecule has 0 bridgehead atoms. The maximum Gasteiger partial charge on any atom is 0.414 e. The van der Waals surface area contributed by atoms with Crippen molar-refractivity contribution in [2.75, 3.05) is 30.0 Å². The molecule has 2 aliphatic rings. The lowest BCUT2D eigenvalue weighted by molar-refractivity contribution is 0.0578. The summed E-state index contributed by atoms with van der Waals surface area (Å²) in [6.45, 7) is 10.3. The van der Waals surface area contributed by atoms with Crippen molar-refractivity contribution in [3.05, 3.63) is 23.8 Å². The molecule has 1 aromatic rings. The number of rotatable bonds is 3. The Labute approximate surface area is 150 Å². The zero-order valence-electron chi connectivity index (χ0n) is 15.8. The molecule has 5 nitrogen and oxygen atoms in total. The number of ether oxygens (including phenoxy) is 2. The van der Waals surface area contributed by atoms with Crippen LogP contribution in [0.2, 0.25) is 0 Å². The largest absolute Gasteiger partial charge is 0.443 e. The highest BCUT2D eigenvalue weighted by molar-refractivity contribution is 5.90. The quantitative estimate of drug-likeness (QED) is 0.891. The molecule has 1 saturated heterocycles. The molecule has 25 heavy (non-hydrogen) atoms. The number of hydrogen-bond donors (Lipinski definition) is 1. The highest BCUT2D eigenvalue weighted by Gasteiger charge is 2.28. The minimum absolute atomic E-state index is 0.259. The number of fused-ring (bicyclic) bond motifs is 1. The number of nitrogens with one attached hydrogen (secondary N) is 1. The molecule has 2 heterocycles. The van der Waals surface area contributed by atoms with Gasteiger partial charge in [0.2, 0.25) is 0 Å². The summed E-state index contributed by atoms with van der Waals surface area (Å²) in [7, 11) is 0. The molecule has 0 saturated carbocycles. The van der Waals surface area contributed by atoms with Crippen LogP contribution in [0.3, 0.4) is 0 Å². The second-order valence-electron chi connectivity index (χ2n) is 8.14. The van der Waals surface area contributed by atoms with E-state index in [1.807, 2.05) is 26.8 Å². The highest BCUT2D eigenvalue weighted by atomic mass is 16.6. The van der Waals surface area contributed by atoms with E-state index >= 15 is 0 Å². The van der Waals surface area contributed by atoms with E-state index in [2.05, 4.69) is 24.4 Å². The fourth-order valence-corrected chi connectivity index (χ4v) is 3.52. The number of aryl methyl sites for hydroxylation is 1. The predicted molar refractivity (Wildman–Crippen MR) is 100 cm³/mol. The summed E-state index contributed by atoms with van der Waals surface area (Å²) in [4.78, 5) is 14.3. The zero-order chi connectivity index (χ0) is 18.0. The second-order valence-corrected chi connectivity index (χ2v) is 8.14. The maximum absolute atomic E-state index is 12.5. The first-order valence-corrected chi connectivity index (χ1v) is 9.31. The lowest BCUT2D eigenvalue weighted by atomic mass is 9.98. The molecular formula is C20H30N2O3. The monoisotopic (exact) mass is 346 g/mol. The first kappa shape index (κ1) is 18.1. The van der Waals surface area contributed by atoms with Gasteiger partial charge in [0.1, 0.15) is 5.60 Å². The van der Waals surface area contributed by atoms with E-state index in [-0.39, 0.29) is 6.09 Å². The Morgan fingerprint density at radius 1 is 1.40 bits per heavy atom. The maximum atomic E-state index is 12.5. The molecule has 3 rings (SSSR count). The van der Waals surface area contributed by atoms with Gasteiger partial charge >= 0.3 is 6.09 Å². The van der Waals surface area contributed by atoms with Gasteiger partial charge in [-0.15, -0.1) is 0 Å². The molecule has 138 valence electrons. The fourth-order valence-electron chi connectivity index (χ4n) is 3.52. The summed E-state index contributed by atoms with van der Waals surface area (Å²) in [5, 5.41) is 3.60. The normalized spacial score (nSPS) is 21.6. The molecule has 2 unspecified atom stereocenters. The summed E-state index contributed by atoms with van der Waals surface area (Å²) in [6, 6.07) is 6.66. The van der Waals surface area contributed by atoms with Crippen molar-refractivity contribution < 1.29 is 14.3 Å². The number of benzene rings is 1. The minimum Gasteiger partial charge on any atom is -0.443 e. The molecular weight excluding hydrogens is 316 g/mol. The Kier molecular flexibility index (Phi) is 5.23. The van der Waals surface area contributed by atoms with Gasteiger partial charge in [-0.05, 0) is 70.7 Å². The first-order valence-electron chi connectivity index (χ1n) is 9.31. The van der Waals surface area contributed by atoms with E-state index in [0.29, 0.717) is 18.5 Å². The molecule has 1 fully saturated rings. The van der Waals surface area contributed by atoms with Gasteiger partial charge in [0, 0.05) is 30.8 Å².